The average Bonchev–Trinajstić information content (AvgIpc) is 1.93. The Kier molecular flexibility index (Phi) is 5.89. The van der Waals surface area contributed by atoms with Crippen LogP contribution >= 0.6 is 12.4 Å². The van der Waals surface area contributed by atoms with Crippen molar-refractivity contribution in [2.75, 3.05) is 6.54 Å². The van der Waals surface area contributed by atoms with E-state index in [0.717, 1.165) is 25.3 Å². The van der Waals surface area contributed by atoms with E-state index in [1.807, 2.05) is 0 Å². The van der Waals surface area contributed by atoms with Gasteiger partial charge in [-0.05, 0) is 25.2 Å². The Bertz CT molecular complexity index is 111. The van der Waals surface area contributed by atoms with Gasteiger partial charge in [0.2, 0.25) is 0 Å². The van der Waals surface area contributed by atoms with Gasteiger partial charge < -0.3 is 10.4 Å². The molecule has 1 heterocycles. The lowest BCUT2D eigenvalue weighted by atomic mass is 9.95. The van der Waals surface area contributed by atoms with Crippen molar-refractivity contribution in [2.45, 2.75) is 45.3 Å². The zero-order chi connectivity index (χ0) is 8.27. The molecular weight excluding hydrogens is 174 g/mol. The monoisotopic (exact) mass is 193 g/mol. The standard InChI is InChI=1S/C9H19NO.ClH/c1-7(2)5-8-3-4-9(11)6-10-8;/h7-11H,3-6H2,1-2H3;1H/t8?,9-;/m1./s1. The molecule has 2 atom stereocenters. The Hall–Kier alpha value is 0.210. The SMILES string of the molecule is CC(C)CC1CC[C@@H](O)CN1.Cl. The van der Waals surface area contributed by atoms with Crippen LogP contribution in [0, 0.1) is 5.92 Å². The first kappa shape index (κ1) is 12.2. The van der Waals surface area contributed by atoms with Gasteiger partial charge in [0.1, 0.15) is 0 Å². The molecule has 1 fully saturated rings. The Morgan fingerprint density at radius 2 is 2.08 bits per heavy atom. The minimum Gasteiger partial charge on any atom is -0.392 e. The van der Waals surface area contributed by atoms with E-state index in [9.17, 15) is 5.11 Å². The second-order valence-electron chi connectivity index (χ2n) is 3.97. The summed E-state index contributed by atoms with van der Waals surface area (Å²) in [5.41, 5.74) is 0. The van der Waals surface area contributed by atoms with Crippen molar-refractivity contribution in [3.63, 3.8) is 0 Å². The zero-order valence-electron chi connectivity index (χ0n) is 7.92. The molecule has 2 nitrogen and oxygen atoms in total. The van der Waals surface area contributed by atoms with Crippen molar-refractivity contribution < 1.29 is 5.11 Å². The summed E-state index contributed by atoms with van der Waals surface area (Å²) in [6.45, 7) is 5.27. The van der Waals surface area contributed by atoms with Crippen molar-refractivity contribution in [3.05, 3.63) is 0 Å². The molecule has 0 amide bonds. The third kappa shape index (κ3) is 4.29. The van der Waals surface area contributed by atoms with E-state index in [1.54, 1.807) is 0 Å². The zero-order valence-corrected chi connectivity index (χ0v) is 8.73. The molecule has 0 radical (unpaired) electrons. The highest BCUT2D eigenvalue weighted by atomic mass is 35.5. The molecule has 1 unspecified atom stereocenters. The third-order valence-electron chi connectivity index (χ3n) is 2.25. The van der Waals surface area contributed by atoms with Gasteiger partial charge in [0.25, 0.3) is 0 Å². The number of rotatable bonds is 2. The summed E-state index contributed by atoms with van der Waals surface area (Å²) in [7, 11) is 0. The maximum Gasteiger partial charge on any atom is 0.0665 e. The van der Waals surface area contributed by atoms with Crippen LogP contribution in [0.25, 0.3) is 0 Å². The molecule has 74 valence electrons. The van der Waals surface area contributed by atoms with Gasteiger partial charge in [-0.25, -0.2) is 0 Å². The van der Waals surface area contributed by atoms with Crippen molar-refractivity contribution in [2.24, 2.45) is 5.92 Å². The van der Waals surface area contributed by atoms with Crippen LogP contribution in [0.2, 0.25) is 0 Å². The average molecular weight is 194 g/mol. The van der Waals surface area contributed by atoms with Gasteiger partial charge in [-0.1, -0.05) is 13.8 Å². The van der Waals surface area contributed by atoms with Crippen LogP contribution in [-0.2, 0) is 0 Å². The number of halogens is 1. The minimum absolute atomic E-state index is 0. The molecule has 12 heavy (non-hydrogen) atoms. The van der Waals surface area contributed by atoms with Gasteiger partial charge >= 0.3 is 0 Å². The van der Waals surface area contributed by atoms with Gasteiger partial charge in [-0.2, -0.15) is 0 Å². The van der Waals surface area contributed by atoms with Crippen LogP contribution in [-0.4, -0.2) is 23.8 Å². The fourth-order valence-corrected chi connectivity index (χ4v) is 1.67. The molecule has 1 saturated heterocycles. The molecular formula is C9H20ClNO. The van der Waals surface area contributed by atoms with Gasteiger partial charge in [0.15, 0.2) is 0 Å². The van der Waals surface area contributed by atoms with E-state index in [0.29, 0.717) is 6.04 Å². The lowest BCUT2D eigenvalue weighted by molar-refractivity contribution is 0.122. The molecule has 1 rings (SSSR count). The summed E-state index contributed by atoms with van der Waals surface area (Å²) < 4.78 is 0. The summed E-state index contributed by atoms with van der Waals surface area (Å²) in [4.78, 5) is 0. The molecule has 3 heteroatoms. The second kappa shape index (κ2) is 5.79. The van der Waals surface area contributed by atoms with Gasteiger partial charge in [0, 0.05) is 12.6 Å². The first-order valence-electron chi connectivity index (χ1n) is 4.60. The topological polar surface area (TPSA) is 32.3 Å². The second-order valence-corrected chi connectivity index (χ2v) is 3.97. The van der Waals surface area contributed by atoms with E-state index in [2.05, 4.69) is 19.2 Å². The lowest BCUT2D eigenvalue weighted by Crippen LogP contribution is -2.41. The number of nitrogens with one attached hydrogen (secondary N) is 1. The Balaban J connectivity index is 0.00000121. The minimum atomic E-state index is -0.0987. The number of aliphatic hydroxyl groups is 1. The van der Waals surface area contributed by atoms with Gasteiger partial charge in [-0.3, -0.25) is 0 Å². The number of aliphatic hydroxyl groups excluding tert-OH is 1. The predicted molar refractivity (Wildman–Crippen MR) is 53.7 cm³/mol. The number of β-amino-alcohol motifs (C(OH)–C–C–N with tert-alkyl or cyclic N) is 1. The molecule has 0 spiro atoms. The lowest BCUT2D eigenvalue weighted by Gasteiger charge is -2.28. The molecule has 1 aliphatic heterocycles. The molecule has 0 aromatic rings. The van der Waals surface area contributed by atoms with E-state index in [4.69, 9.17) is 0 Å². The number of hydrogen-bond donors (Lipinski definition) is 2. The van der Waals surface area contributed by atoms with E-state index >= 15 is 0 Å². The molecule has 0 aromatic heterocycles. The summed E-state index contributed by atoms with van der Waals surface area (Å²) in [5, 5.41) is 12.5. The molecule has 0 bridgehead atoms. The van der Waals surface area contributed by atoms with Crippen LogP contribution in [0.3, 0.4) is 0 Å². The van der Waals surface area contributed by atoms with Gasteiger partial charge in [0.05, 0.1) is 6.10 Å². The molecule has 0 aliphatic carbocycles. The summed E-state index contributed by atoms with van der Waals surface area (Å²) in [6.07, 6.45) is 3.26. The first-order chi connectivity index (χ1) is 5.18. The van der Waals surface area contributed by atoms with Crippen LogP contribution < -0.4 is 5.32 Å². The first-order valence-corrected chi connectivity index (χ1v) is 4.60. The van der Waals surface area contributed by atoms with Crippen LogP contribution in [0.5, 0.6) is 0 Å². The highest BCUT2D eigenvalue weighted by Gasteiger charge is 2.18. The van der Waals surface area contributed by atoms with Crippen molar-refractivity contribution in [1.82, 2.24) is 5.32 Å². The Labute approximate surface area is 81.2 Å². The molecule has 0 saturated carbocycles. The predicted octanol–water partition coefficient (Wildman–Crippen LogP) is 1.57. The van der Waals surface area contributed by atoms with Gasteiger partial charge in [-0.15, -0.1) is 12.4 Å². The quantitative estimate of drug-likeness (QED) is 0.698. The van der Waals surface area contributed by atoms with Crippen molar-refractivity contribution >= 4 is 12.4 Å². The van der Waals surface area contributed by atoms with E-state index in [-0.39, 0.29) is 18.5 Å². The summed E-state index contributed by atoms with van der Waals surface area (Å²) in [5.74, 6) is 0.766. The number of piperidine rings is 1. The largest absolute Gasteiger partial charge is 0.392 e. The van der Waals surface area contributed by atoms with Crippen molar-refractivity contribution in [1.29, 1.82) is 0 Å². The Morgan fingerprint density at radius 1 is 1.42 bits per heavy atom. The molecule has 2 N–H and O–H groups in total. The molecule has 1 aliphatic rings. The smallest absolute Gasteiger partial charge is 0.0665 e. The third-order valence-corrected chi connectivity index (χ3v) is 2.25. The van der Waals surface area contributed by atoms with E-state index < -0.39 is 0 Å². The number of hydrogen-bond acceptors (Lipinski definition) is 2. The Morgan fingerprint density at radius 3 is 2.50 bits per heavy atom. The fourth-order valence-electron chi connectivity index (χ4n) is 1.67. The van der Waals surface area contributed by atoms with Crippen LogP contribution in [0.4, 0.5) is 0 Å². The van der Waals surface area contributed by atoms with Crippen molar-refractivity contribution in [3.8, 4) is 0 Å². The van der Waals surface area contributed by atoms with Crippen LogP contribution in [0.1, 0.15) is 33.1 Å². The normalized spacial score (nSPS) is 30.0. The fraction of sp³-hybridized carbons (Fsp3) is 1.00. The maximum atomic E-state index is 9.20. The molecule has 0 aromatic carbocycles. The maximum absolute atomic E-state index is 9.20. The highest BCUT2D eigenvalue weighted by molar-refractivity contribution is 5.85. The van der Waals surface area contributed by atoms with Crippen LogP contribution in [0.15, 0.2) is 0 Å². The highest BCUT2D eigenvalue weighted by Crippen LogP contribution is 2.14. The van der Waals surface area contributed by atoms with E-state index in [1.165, 1.54) is 6.42 Å². The summed E-state index contributed by atoms with van der Waals surface area (Å²) in [6, 6.07) is 0.651. The summed E-state index contributed by atoms with van der Waals surface area (Å²) >= 11 is 0.